The quantitative estimate of drug-likeness (QED) is 0.407. The Labute approximate surface area is 208 Å². The van der Waals surface area contributed by atoms with Gasteiger partial charge in [0.05, 0.1) is 23.2 Å². The Kier molecular flexibility index (Phi) is 5.40. The molecule has 1 aliphatic heterocycles. The van der Waals surface area contributed by atoms with Crippen molar-refractivity contribution in [2.24, 2.45) is 11.8 Å². The van der Waals surface area contributed by atoms with Gasteiger partial charge in [0, 0.05) is 29.2 Å². The molecule has 7 nitrogen and oxygen atoms in total. The fourth-order valence-corrected chi connectivity index (χ4v) is 5.43. The van der Waals surface area contributed by atoms with E-state index in [4.69, 9.17) is 4.98 Å². The number of imidazole rings is 1. The van der Waals surface area contributed by atoms with Gasteiger partial charge in [-0.15, -0.1) is 0 Å². The van der Waals surface area contributed by atoms with Gasteiger partial charge in [-0.05, 0) is 67.8 Å². The van der Waals surface area contributed by atoms with Crippen LogP contribution in [0.4, 0.5) is 11.4 Å². The Hall–Kier alpha value is -4.26. The van der Waals surface area contributed by atoms with Crippen LogP contribution < -0.4 is 10.2 Å². The highest BCUT2D eigenvalue weighted by Crippen LogP contribution is 2.40. The molecule has 0 spiro atoms. The van der Waals surface area contributed by atoms with Crippen LogP contribution in [0.25, 0.3) is 16.9 Å². The number of fused-ring (bicyclic) bond motifs is 2. The van der Waals surface area contributed by atoms with E-state index in [0.29, 0.717) is 16.9 Å². The molecule has 3 amide bonds. The molecule has 2 fully saturated rings. The average molecular weight is 479 g/mol. The first-order valence-corrected chi connectivity index (χ1v) is 12.3. The highest BCUT2D eigenvalue weighted by Gasteiger charge is 2.48. The number of aryl methyl sites for hydroxylation is 1. The summed E-state index contributed by atoms with van der Waals surface area (Å²) in [6.07, 6.45) is 7.47. The molecule has 2 aliphatic rings. The number of benzene rings is 2. The van der Waals surface area contributed by atoms with E-state index in [1.54, 1.807) is 24.3 Å². The molecule has 6 rings (SSSR count). The minimum absolute atomic E-state index is 0.110. The zero-order valence-corrected chi connectivity index (χ0v) is 20.0. The Bertz CT molecular complexity index is 1480. The Morgan fingerprint density at radius 3 is 2.36 bits per heavy atom. The first kappa shape index (κ1) is 22.2. The Morgan fingerprint density at radius 2 is 1.67 bits per heavy atom. The molecule has 2 aromatic heterocycles. The zero-order chi connectivity index (χ0) is 24.8. The summed E-state index contributed by atoms with van der Waals surface area (Å²) in [7, 11) is 0. The first-order chi connectivity index (χ1) is 17.5. The summed E-state index contributed by atoms with van der Waals surface area (Å²) in [4.78, 5) is 44.7. The summed E-state index contributed by atoms with van der Waals surface area (Å²) >= 11 is 0. The number of imide groups is 1. The number of nitrogens with one attached hydrogen (secondary N) is 1. The van der Waals surface area contributed by atoms with Crippen LogP contribution in [-0.2, 0) is 9.59 Å². The van der Waals surface area contributed by atoms with Gasteiger partial charge in [0.15, 0.2) is 0 Å². The fourth-order valence-electron chi connectivity index (χ4n) is 5.43. The molecule has 180 valence electrons. The third-order valence-corrected chi connectivity index (χ3v) is 7.32. The van der Waals surface area contributed by atoms with Crippen LogP contribution in [0.15, 0.2) is 73.1 Å². The second-order valence-electron chi connectivity index (χ2n) is 9.64. The van der Waals surface area contributed by atoms with Crippen molar-refractivity contribution in [2.45, 2.75) is 32.6 Å². The summed E-state index contributed by atoms with van der Waals surface area (Å²) < 4.78 is 1.99. The van der Waals surface area contributed by atoms with Gasteiger partial charge in [0.1, 0.15) is 5.65 Å². The number of carbonyl (C=O) groups excluding carboxylic acids is 3. The number of rotatable bonds is 4. The van der Waals surface area contributed by atoms with Crippen molar-refractivity contribution in [3.8, 4) is 11.3 Å². The van der Waals surface area contributed by atoms with Gasteiger partial charge >= 0.3 is 0 Å². The van der Waals surface area contributed by atoms with Gasteiger partial charge in [-0.2, -0.15) is 0 Å². The standard InChI is InChI=1S/C29H26N4O3/c1-18-6-5-15-32-17-25(31-26(18)32)20-7-4-8-21(16-20)30-27(34)19-11-13-22(14-12-19)33-28(35)23-9-2-3-10-24(23)29(33)36/h4-8,11-17,23-24H,2-3,9-10H2,1H3,(H,30,34)/t23-,24-/m1/s1. The lowest BCUT2D eigenvalue weighted by molar-refractivity contribution is -0.122. The molecule has 1 saturated heterocycles. The molecule has 2 aromatic carbocycles. The predicted molar refractivity (Wildman–Crippen MR) is 138 cm³/mol. The largest absolute Gasteiger partial charge is 0.322 e. The monoisotopic (exact) mass is 478 g/mol. The number of hydrogen-bond acceptors (Lipinski definition) is 4. The molecule has 3 heterocycles. The van der Waals surface area contributed by atoms with Crippen LogP contribution in [0.2, 0.25) is 0 Å². The van der Waals surface area contributed by atoms with Crippen LogP contribution in [0.3, 0.4) is 0 Å². The molecule has 4 aromatic rings. The molecular weight excluding hydrogens is 452 g/mol. The second kappa shape index (κ2) is 8.75. The number of anilines is 2. The third-order valence-electron chi connectivity index (χ3n) is 7.32. The second-order valence-corrected chi connectivity index (χ2v) is 9.64. The molecule has 0 radical (unpaired) electrons. The highest BCUT2D eigenvalue weighted by atomic mass is 16.2. The van der Waals surface area contributed by atoms with Gasteiger partial charge in [-0.1, -0.05) is 31.0 Å². The van der Waals surface area contributed by atoms with Crippen molar-refractivity contribution in [1.82, 2.24) is 9.38 Å². The maximum absolute atomic E-state index is 12.9. The maximum Gasteiger partial charge on any atom is 0.255 e. The Balaban J connectivity index is 1.19. The van der Waals surface area contributed by atoms with Crippen LogP contribution in [0.5, 0.6) is 0 Å². The van der Waals surface area contributed by atoms with E-state index >= 15 is 0 Å². The SMILES string of the molecule is Cc1cccn2cc(-c3cccc(NC(=O)c4ccc(N5C(=O)[C@@H]6CCCC[C@H]6C5=O)cc4)c3)nc12. The van der Waals surface area contributed by atoms with E-state index in [-0.39, 0.29) is 29.6 Å². The molecule has 1 aliphatic carbocycles. The molecule has 2 atom stereocenters. The molecule has 1 saturated carbocycles. The molecule has 0 bridgehead atoms. The average Bonchev–Trinajstić information content (AvgIpc) is 3.45. The van der Waals surface area contributed by atoms with E-state index in [2.05, 4.69) is 5.32 Å². The van der Waals surface area contributed by atoms with Crippen LogP contribution in [0, 0.1) is 18.8 Å². The number of amides is 3. The number of pyridine rings is 1. The van der Waals surface area contributed by atoms with Gasteiger partial charge < -0.3 is 9.72 Å². The minimum Gasteiger partial charge on any atom is -0.322 e. The predicted octanol–water partition coefficient (Wildman–Crippen LogP) is 5.24. The van der Waals surface area contributed by atoms with Crippen molar-refractivity contribution >= 4 is 34.7 Å². The molecular formula is C29H26N4O3. The van der Waals surface area contributed by atoms with Gasteiger partial charge in [-0.25, -0.2) is 4.98 Å². The summed E-state index contributed by atoms with van der Waals surface area (Å²) in [5, 5.41) is 2.94. The number of nitrogens with zero attached hydrogens (tertiary/aromatic N) is 3. The topological polar surface area (TPSA) is 83.8 Å². The smallest absolute Gasteiger partial charge is 0.255 e. The third kappa shape index (κ3) is 3.77. The lowest BCUT2D eigenvalue weighted by atomic mass is 9.81. The van der Waals surface area contributed by atoms with E-state index < -0.39 is 0 Å². The van der Waals surface area contributed by atoms with Gasteiger partial charge in [0.25, 0.3) is 5.91 Å². The van der Waals surface area contributed by atoms with Crippen molar-refractivity contribution in [1.29, 1.82) is 0 Å². The van der Waals surface area contributed by atoms with Crippen molar-refractivity contribution in [3.63, 3.8) is 0 Å². The first-order valence-electron chi connectivity index (χ1n) is 12.3. The summed E-state index contributed by atoms with van der Waals surface area (Å²) in [5.74, 6) is -0.879. The molecule has 7 heteroatoms. The van der Waals surface area contributed by atoms with Crippen molar-refractivity contribution in [2.75, 3.05) is 10.2 Å². The Morgan fingerprint density at radius 1 is 0.944 bits per heavy atom. The number of aromatic nitrogens is 2. The highest BCUT2D eigenvalue weighted by molar-refractivity contribution is 6.22. The fraction of sp³-hybridized carbons (Fsp3) is 0.241. The van der Waals surface area contributed by atoms with Gasteiger partial charge in [-0.3, -0.25) is 19.3 Å². The van der Waals surface area contributed by atoms with Crippen LogP contribution in [-0.4, -0.2) is 27.1 Å². The molecule has 36 heavy (non-hydrogen) atoms. The van der Waals surface area contributed by atoms with E-state index in [1.807, 2.05) is 60.1 Å². The maximum atomic E-state index is 12.9. The lowest BCUT2D eigenvalue weighted by Gasteiger charge is -2.19. The summed E-state index contributed by atoms with van der Waals surface area (Å²) in [5.41, 5.74) is 5.35. The minimum atomic E-state index is -0.266. The van der Waals surface area contributed by atoms with Crippen molar-refractivity contribution in [3.05, 3.63) is 84.2 Å². The summed E-state index contributed by atoms with van der Waals surface area (Å²) in [6, 6.07) is 18.2. The van der Waals surface area contributed by atoms with Crippen molar-refractivity contribution < 1.29 is 14.4 Å². The number of hydrogen-bond donors (Lipinski definition) is 1. The van der Waals surface area contributed by atoms with Crippen LogP contribution >= 0.6 is 0 Å². The van der Waals surface area contributed by atoms with E-state index in [1.165, 1.54) is 4.90 Å². The number of carbonyl (C=O) groups is 3. The van der Waals surface area contributed by atoms with E-state index in [0.717, 1.165) is 48.2 Å². The van der Waals surface area contributed by atoms with Gasteiger partial charge in [0.2, 0.25) is 11.8 Å². The summed E-state index contributed by atoms with van der Waals surface area (Å²) in [6.45, 7) is 2.02. The van der Waals surface area contributed by atoms with E-state index in [9.17, 15) is 14.4 Å². The zero-order valence-electron chi connectivity index (χ0n) is 20.0. The molecule has 0 unspecified atom stereocenters. The molecule has 1 N–H and O–H groups in total. The lowest BCUT2D eigenvalue weighted by Crippen LogP contribution is -2.30. The normalized spacial score (nSPS) is 19.5. The van der Waals surface area contributed by atoms with Crippen LogP contribution in [0.1, 0.15) is 41.6 Å².